The summed E-state index contributed by atoms with van der Waals surface area (Å²) in [5.41, 5.74) is 0.999. The normalized spacial score (nSPS) is 12.0. The molecule has 1 unspecified atom stereocenters. The van der Waals surface area contributed by atoms with E-state index >= 15 is 0 Å². The van der Waals surface area contributed by atoms with E-state index in [9.17, 15) is 9.59 Å². The molecule has 0 aliphatic heterocycles. The lowest BCUT2D eigenvalue weighted by molar-refractivity contribution is -0.120. The Morgan fingerprint density at radius 2 is 1.81 bits per heavy atom. The summed E-state index contributed by atoms with van der Waals surface area (Å²) in [4.78, 5) is 24.1. The number of hydrogen-bond acceptors (Lipinski definition) is 3. The summed E-state index contributed by atoms with van der Waals surface area (Å²) in [5, 5.41) is 7.98. The minimum absolute atomic E-state index is 0.0548. The summed E-state index contributed by atoms with van der Waals surface area (Å²) in [7, 11) is 0. The average Bonchev–Trinajstić information content (AvgIpc) is 2.60. The van der Waals surface area contributed by atoms with Gasteiger partial charge in [0, 0.05) is 12.6 Å². The molecule has 0 saturated carbocycles. The Hall–Kier alpha value is -2.56. The second-order valence-electron chi connectivity index (χ2n) is 6.81. The van der Waals surface area contributed by atoms with Crippen LogP contribution in [0.2, 0.25) is 0 Å². The fraction of sp³-hybridized carbons (Fsp3) is 0.429. The van der Waals surface area contributed by atoms with Crippen LogP contribution in [0.4, 0.5) is 4.79 Å². The zero-order valence-corrected chi connectivity index (χ0v) is 15.7. The van der Waals surface area contributed by atoms with Gasteiger partial charge in [-0.1, -0.05) is 56.3 Å². The predicted molar refractivity (Wildman–Crippen MR) is 104 cm³/mol. The van der Waals surface area contributed by atoms with E-state index < -0.39 is 6.09 Å². The van der Waals surface area contributed by atoms with Gasteiger partial charge < -0.3 is 15.4 Å². The van der Waals surface area contributed by atoms with Crippen LogP contribution in [0.3, 0.4) is 0 Å². The van der Waals surface area contributed by atoms with Crippen molar-refractivity contribution in [2.45, 2.75) is 39.7 Å². The molecule has 0 bridgehead atoms. The highest BCUT2D eigenvalue weighted by molar-refractivity contribution is 5.90. The summed E-state index contributed by atoms with van der Waals surface area (Å²) in [5.74, 6) is 0.345. The molecule has 2 amide bonds. The number of benzene rings is 2. The van der Waals surface area contributed by atoms with Crippen LogP contribution >= 0.6 is 0 Å². The molecule has 0 heterocycles. The van der Waals surface area contributed by atoms with Gasteiger partial charge in [-0.25, -0.2) is 4.79 Å². The highest BCUT2D eigenvalue weighted by atomic mass is 16.5. The van der Waals surface area contributed by atoms with Gasteiger partial charge in [-0.05, 0) is 35.6 Å². The molecule has 0 aromatic heterocycles. The molecule has 2 rings (SSSR count). The Labute approximate surface area is 155 Å². The van der Waals surface area contributed by atoms with Crippen LogP contribution in [0.5, 0.6) is 0 Å². The van der Waals surface area contributed by atoms with Gasteiger partial charge in [0.25, 0.3) is 0 Å². The summed E-state index contributed by atoms with van der Waals surface area (Å²) in [6.45, 7) is 6.65. The van der Waals surface area contributed by atoms with E-state index in [0.29, 0.717) is 25.5 Å². The molecule has 0 aliphatic rings. The number of amides is 2. The second-order valence-corrected chi connectivity index (χ2v) is 6.81. The van der Waals surface area contributed by atoms with E-state index in [-0.39, 0.29) is 11.9 Å². The minimum atomic E-state index is -0.443. The third kappa shape index (κ3) is 6.06. The first kappa shape index (κ1) is 19.8. The van der Waals surface area contributed by atoms with Gasteiger partial charge in [0.1, 0.15) is 0 Å². The molecular formula is C21H28N2O3. The lowest BCUT2D eigenvalue weighted by atomic mass is 10.0. The SMILES string of the molecule is CCOC(=O)NC(CNC(=O)Cc1cccc2ccccc12)CC(C)C. The third-order valence-electron chi connectivity index (χ3n) is 4.13. The molecule has 0 fully saturated rings. The zero-order chi connectivity index (χ0) is 18.9. The first-order valence-electron chi connectivity index (χ1n) is 9.16. The lowest BCUT2D eigenvalue weighted by Gasteiger charge is -2.21. The van der Waals surface area contributed by atoms with Gasteiger partial charge in [-0.2, -0.15) is 0 Å². The monoisotopic (exact) mass is 356 g/mol. The van der Waals surface area contributed by atoms with Gasteiger partial charge in [0.05, 0.1) is 13.0 Å². The number of rotatable bonds is 8. The first-order valence-corrected chi connectivity index (χ1v) is 9.16. The van der Waals surface area contributed by atoms with Crippen molar-refractivity contribution in [2.75, 3.05) is 13.2 Å². The minimum Gasteiger partial charge on any atom is -0.450 e. The number of ether oxygens (including phenoxy) is 1. The van der Waals surface area contributed by atoms with Crippen LogP contribution in [-0.2, 0) is 16.0 Å². The van der Waals surface area contributed by atoms with Crippen LogP contribution < -0.4 is 10.6 Å². The summed E-state index contributed by atoms with van der Waals surface area (Å²) >= 11 is 0. The number of carbonyl (C=O) groups excluding carboxylic acids is 2. The molecule has 26 heavy (non-hydrogen) atoms. The summed E-state index contributed by atoms with van der Waals surface area (Å²) < 4.78 is 4.94. The van der Waals surface area contributed by atoms with Gasteiger partial charge in [-0.3, -0.25) is 4.79 Å². The Balaban J connectivity index is 1.95. The van der Waals surface area contributed by atoms with E-state index in [1.165, 1.54) is 0 Å². The van der Waals surface area contributed by atoms with E-state index in [1.807, 2.05) is 42.5 Å². The smallest absolute Gasteiger partial charge is 0.407 e. The van der Waals surface area contributed by atoms with Crippen LogP contribution in [0.25, 0.3) is 10.8 Å². The molecular weight excluding hydrogens is 328 g/mol. The Morgan fingerprint density at radius 1 is 1.08 bits per heavy atom. The molecule has 2 aromatic rings. The van der Waals surface area contributed by atoms with Crippen molar-refractivity contribution in [1.82, 2.24) is 10.6 Å². The van der Waals surface area contributed by atoms with Crippen molar-refractivity contribution >= 4 is 22.8 Å². The van der Waals surface area contributed by atoms with E-state index in [4.69, 9.17) is 4.74 Å². The van der Waals surface area contributed by atoms with Crippen molar-refractivity contribution in [3.05, 3.63) is 48.0 Å². The van der Waals surface area contributed by atoms with Gasteiger partial charge in [-0.15, -0.1) is 0 Å². The number of hydrogen-bond donors (Lipinski definition) is 2. The van der Waals surface area contributed by atoms with Gasteiger partial charge >= 0.3 is 6.09 Å². The average molecular weight is 356 g/mol. The quantitative estimate of drug-likeness (QED) is 0.758. The molecule has 0 spiro atoms. The van der Waals surface area contributed by atoms with Crippen LogP contribution in [0.15, 0.2) is 42.5 Å². The molecule has 140 valence electrons. The fourth-order valence-corrected chi connectivity index (χ4v) is 3.02. The molecule has 0 saturated heterocycles. The predicted octanol–water partition coefficient (Wildman–Crippen LogP) is 3.66. The Bertz CT molecular complexity index is 738. The highest BCUT2D eigenvalue weighted by Gasteiger charge is 2.16. The van der Waals surface area contributed by atoms with Gasteiger partial charge in [0.15, 0.2) is 0 Å². The first-order chi connectivity index (χ1) is 12.5. The van der Waals surface area contributed by atoms with Crippen LogP contribution in [0.1, 0.15) is 32.8 Å². The van der Waals surface area contributed by atoms with Crippen molar-refractivity contribution in [1.29, 1.82) is 0 Å². The zero-order valence-electron chi connectivity index (χ0n) is 15.7. The molecule has 2 N–H and O–H groups in total. The standard InChI is InChI=1S/C21H28N2O3/c1-4-26-21(25)23-18(12-15(2)3)14-22-20(24)13-17-10-7-9-16-8-5-6-11-19(16)17/h5-11,15,18H,4,12-14H2,1-3H3,(H,22,24)(H,23,25). The number of carbonyl (C=O) groups is 2. The maximum Gasteiger partial charge on any atom is 0.407 e. The number of fused-ring (bicyclic) bond motifs is 1. The molecule has 5 heteroatoms. The maximum absolute atomic E-state index is 12.4. The van der Waals surface area contributed by atoms with Gasteiger partial charge in [0.2, 0.25) is 5.91 Å². The topological polar surface area (TPSA) is 67.4 Å². The van der Waals surface area contributed by atoms with Crippen LogP contribution in [-0.4, -0.2) is 31.2 Å². The fourth-order valence-electron chi connectivity index (χ4n) is 3.02. The maximum atomic E-state index is 12.4. The van der Waals surface area contributed by atoms with Crippen molar-refractivity contribution in [3.63, 3.8) is 0 Å². The summed E-state index contributed by atoms with van der Waals surface area (Å²) in [6, 6.07) is 13.9. The molecule has 0 radical (unpaired) electrons. The Morgan fingerprint density at radius 3 is 2.54 bits per heavy atom. The van der Waals surface area contributed by atoms with E-state index in [2.05, 4.69) is 24.5 Å². The van der Waals surface area contributed by atoms with Crippen molar-refractivity contribution < 1.29 is 14.3 Å². The second kappa shape index (κ2) is 9.80. The third-order valence-corrected chi connectivity index (χ3v) is 4.13. The largest absolute Gasteiger partial charge is 0.450 e. The summed E-state index contributed by atoms with van der Waals surface area (Å²) in [6.07, 6.45) is 0.643. The van der Waals surface area contributed by atoms with E-state index in [1.54, 1.807) is 6.92 Å². The van der Waals surface area contributed by atoms with Crippen molar-refractivity contribution in [3.8, 4) is 0 Å². The molecule has 2 aromatic carbocycles. The highest BCUT2D eigenvalue weighted by Crippen LogP contribution is 2.18. The lowest BCUT2D eigenvalue weighted by Crippen LogP contribution is -2.44. The molecule has 1 atom stereocenters. The van der Waals surface area contributed by atoms with Crippen molar-refractivity contribution in [2.24, 2.45) is 5.92 Å². The van der Waals surface area contributed by atoms with Crippen LogP contribution in [0, 0.1) is 5.92 Å². The van der Waals surface area contributed by atoms with E-state index in [0.717, 1.165) is 22.8 Å². The molecule has 0 aliphatic carbocycles. The number of alkyl carbamates (subject to hydrolysis) is 1. The number of nitrogens with one attached hydrogen (secondary N) is 2. The molecule has 5 nitrogen and oxygen atoms in total. The Kier molecular flexibility index (Phi) is 7.45.